The molecule has 4 fully saturated rings. The number of nitrogens with zero attached hydrogens (tertiary/aromatic N) is 5. The molecule has 14 atom stereocenters. The van der Waals surface area contributed by atoms with Crippen LogP contribution in [0.25, 0.3) is 10.9 Å². The summed E-state index contributed by atoms with van der Waals surface area (Å²) in [6.45, 7) is 8.00. The molecule has 16 N–H and O–H groups in total. The maximum atomic E-state index is 15.7. The quantitative estimate of drug-likeness (QED) is 0.0438. The molecule has 15 amide bonds. The number of nitrogens with two attached hydrogens (primary N) is 2. The Morgan fingerprint density at radius 3 is 1.68 bits per heavy atom. The van der Waals surface area contributed by atoms with E-state index in [4.69, 9.17) is 11.5 Å². The number of primary amides is 1. The average molecular weight is 1810 g/mol. The van der Waals surface area contributed by atoms with Crippen LogP contribution in [0.4, 0.5) is 0 Å². The van der Waals surface area contributed by atoms with Crippen LogP contribution >= 0.6 is 11.8 Å². The molecule has 6 aromatic rings. The number of carbonyl (C=O) groups excluding carboxylic acids is 15. The van der Waals surface area contributed by atoms with E-state index in [2.05, 4.69) is 52.8 Å². The number of carbonyl (C=O) groups is 16. The minimum Gasteiger partial charge on any atom is -0.508 e. The Hall–Kier alpha value is -12.7. The third kappa shape index (κ3) is 25.9. The molecule has 130 heavy (non-hydrogen) atoms. The van der Waals surface area contributed by atoms with Crippen molar-refractivity contribution in [3.63, 3.8) is 0 Å². The lowest BCUT2D eigenvalue weighted by atomic mass is 9.98. The van der Waals surface area contributed by atoms with Gasteiger partial charge in [-0.3, -0.25) is 76.7 Å². The van der Waals surface area contributed by atoms with E-state index in [0.29, 0.717) is 51.6 Å². The largest absolute Gasteiger partial charge is 0.508 e. The van der Waals surface area contributed by atoms with E-state index in [9.17, 15) is 39.0 Å². The molecule has 36 heteroatoms. The third-order valence-electron chi connectivity index (χ3n) is 24.6. The summed E-state index contributed by atoms with van der Waals surface area (Å²) < 4.78 is 0. The monoisotopic (exact) mass is 1810 g/mol. The summed E-state index contributed by atoms with van der Waals surface area (Å²) in [6.07, 6.45) is 1.65. The van der Waals surface area contributed by atoms with Crippen molar-refractivity contribution in [3.05, 3.63) is 174 Å². The molecule has 0 radical (unpaired) electrons. The van der Waals surface area contributed by atoms with Crippen molar-refractivity contribution < 1.29 is 86.9 Å². The topological polar surface area (TPSA) is 506 Å². The van der Waals surface area contributed by atoms with Crippen molar-refractivity contribution in [2.24, 2.45) is 23.3 Å². The van der Waals surface area contributed by atoms with Gasteiger partial charge in [0.05, 0.1) is 18.7 Å². The molecule has 0 unspecified atom stereocenters. The number of fused-ring (bicyclic) bond motifs is 3. The Morgan fingerprint density at radius 2 is 1.08 bits per heavy atom. The molecule has 1 aromatic heterocycles. The lowest BCUT2D eigenvalue weighted by Gasteiger charge is -2.38. The van der Waals surface area contributed by atoms with Gasteiger partial charge in [0.1, 0.15) is 83.8 Å². The summed E-state index contributed by atoms with van der Waals surface area (Å²) in [4.78, 5) is 248. The number of phenols is 1. The molecule has 698 valence electrons. The second-order valence-electron chi connectivity index (χ2n) is 34.8. The number of aromatic nitrogens is 1. The van der Waals surface area contributed by atoms with Crippen LogP contribution < -0.4 is 59.3 Å². The van der Waals surface area contributed by atoms with Gasteiger partial charge in [-0.05, 0) is 122 Å². The zero-order valence-corrected chi connectivity index (χ0v) is 75.6. The van der Waals surface area contributed by atoms with Crippen molar-refractivity contribution in [2.45, 2.75) is 221 Å². The van der Waals surface area contributed by atoms with Crippen molar-refractivity contribution >= 4 is 117 Å². The molecule has 5 aromatic carbocycles. The molecule has 1 aliphatic carbocycles. The Bertz CT molecular complexity index is 5030. The maximum Gasteiger partial charge on any atom is 0.305 e. The van der Waals surface area contributed by atoms with Gasteiger partial charge < -0.3 is 99.0 Å². The number of benzene rings is 5. The number of H-pyrrole nitrogens is 1. The molecule has 1 spiro atoms. The van der Waals surface area contributed by atoms with Gasteiger partial charge in [0.25, 0.3) is 0 Å². The summed E-state index contributed by atoms with van der Waals surface area (Å²) in [5.74, 6) is -16.9. The van der Waals surface area contributed by atoms with Gasteiger partial charge in [0.15, 0.2) is 0 Å². The first-order valence-corrected chi connectivity index (χ1v) is 45.6. The fraction of sp³-hybridized carbons (Fsp3) is 0.489. The highest BCUT2D eigenvalue weighted by molar-refractivity contribution is 8.00. The van der Waals surface area contributed by atoms with Crippen LogP contribution in [0.1, 0.15) is 145 Å². The molecular weight excluding hydrogens is 1690 g/mol. The van der Waals surface area contributed by atoms with Crippen LogP contribution in [0.15, 0.2) is 146 Å². The number of hydrogen-bond donors (Lipinski definition) is 14. The number of likely N-dealkylation sites (N-methyl/N-ethyl adjacent to an activating group) is 3. The van der Waals surface area contributed by atoms with Crippen LogP contribution in [-0.2, 0) is 102 Å². The van der Waals surface area contributed by atoms with E-state index in [-0.39, 0.29) is 121 Å². The summed E-state index contributed by atoms with van der Waals surface area (Å²) in [5.41, 5.74) is 13.3. The number of hydrogen-bond acceptors (Lipinski definition) is 19. The van der Waals surface area contributed by atoms with Gasteiger partial charge in [-0.1, -0.05) is 169 Å². The fourth-order valence-electron chi connectivity index (χ4n) is 17.3. The Balaban J connectivity index is 1.04. The zero-order valence-electron chi connectivity index (χ0n) is 74.8. The molecule has 3 aliphatic heterocycles. The number of carboxylic acids is 1. The highest BCUT2D eigenvalue weighted by Gasteiger charge is 2.66. The highest BCUT2D eigenvalue weighted by atomic mass is 32.2. The number of nitrogens with one attached hydrogen (secondary N) is 10. The lowest BCUT2D eigenvalue weighted by Crippen LogP contribution is -2.62. The van der Waals surface area contributed by atoms with E-state index in [1.54, 1.807) is 143 Å². The normalized spacial score (nSPS) is 25.3. The van der Waals surface area contributed by atoms with Crippen molar-refractivity contribution in [1.29, 1.82) is 0 Å². The number of phenolic OH excluding ortho intramolecular Hbond substituents is 1. The number of unbranched alkanes of at least 4 members (excludes halogenated alkanes) is 1. The Morgan fingerprint density at radius 1 is 0.546 bits per heavy atom. The third-order valence-corrected chi connectivity index (χ3v) is 25.6. The average Bonchev–Trinajstić information content (AvgIpc) is 1.54. The predicted octanol–water partition coefficient (Wildman–Crippen LogP) is 2.50. The molecule has 4 heterocycles. The second-order valence-corrected chi connectivity index (χ2v) is 35.8. The lowest BCUT2D eigenvalue weighted by molar-refractivity contribution is -0.152. The van der Waals surface area contributed by atoms with Crippen LogP contribution in [-0.4, -0.2) is 271 Å². The van der Waals surface area contributed by atoms with Crippen LogP contribution in [0.5, 0.6) is 5.75 Å². The molecule has 0 bridgehead atoms. The first kappa shape index (κ1) is 99.4. The van der Waals surface area contributed by atoms with Crippen molar-refractivity contribution in [3.8, 4) is 5.75 Å². The number of rotatable bonds is 23. The van der Waals surface area contributed by atoms with Gasteiger partial charge in [-0.2, -0.15) is 0 Å². The molecular formula is C94H123N17O18S. The minimum atomic E-state index is -1.87. The highest BCUT2D eigenvalue weighted by Crippen LogP contribution is 2.56. The molecule has 4 aliphatic rings. The van der Waals surface area contributed by atoms with Gasteiger partial charge in [-0.15, -0.1) is 11.8 Å². The standard InChI is InChI=1S/C94H123N17O18S/c1-9-10-34-75-91(127)111-43-24-36-74(111)87(123)103-70(49-79(115)116)85(121)106-80(56(4)5)92(128)109(8)94(50-64(94)60-29-18-13-19-30-60)93(129)105-66(33-22-41-95)89(125)110-42-23-35-73(110)86(122)102-69(48-61-51-97-65-32-21-20-31-63(61)65)84(120)101-68(45-59-37-39-62(112)40-38-59)83(119)100-67(44-55(2)3)82(118)104-72(81(117)98-52-77(96)113)53-130-54-78(114)99-71(46-57-25-14-11-15-26-57)88(124)108(7)76(90(126)107(75)6)47-58-27-16-12-17-28-58/h11-21,25-32,37-40,51,55-56,64,66-76,80,97,112H,9-10,22-24,33-36,41-50,52-54,95H2,1-8H3,(H2,96,113)(H,98,117)(H,99,114)(H,100,119)(H,101,120)(H,102,122)(H,103,123)(H,104,118)(H,105,129)(H,106,121)(H,115,116)/t64-,66-,67-,68-,69-,70-,71-,72-,73+,74+,75-,76-,80-,94+/m0/s1. The van der Waals surface area contributed by atoms with Crippen molar-refractivity contribution in [1.82, 2.24) is 77.3 Å². The van der Waals surface area contributed by atoms with E-state index < -0.39 is 203 Å². The first-order chi connectivity index (χ1) is 62.1. The predicted molar refractivity (Wildman–Crippen MR) is 485 cm³/mol. The van der Waals surface area contributed by atoms with Gasteiger partial charge in [0.2, 0.25) is 88.6 Å². The summed E-state index contributed by atoms with van der Waals surface area (Å²) >= 11 is 0.847. The summed E-state index contributed by atoms with van der Waals surface area (Å²) in [6, 6.07) is 21.7. The van der Waals surface area contributed by atoms with Gasteiger partial charge >= 0.3 is 5.97 Å². The van der Waals surface area contributed by atoms with E-state index in [0.717, 1.165) is 11.8 Å². The minimum absolute atomic E-state index is 0.000848. The number of amides is 15. The molecule has 35 nitrogen and oxygen atoms in total. The molecule has 1 saturated carbocycles. The Labute approximate surface area is 760 Å². The first-order valence-electron chi connectivity index (χ1n) is 44.5. The number of aromatic hydroxyl groups is 1. The fourth-order valence-corrected chi connectivity index (χ4v) is 18.2. The maximum absolute atomic E-state index is 15.7. The van der Waals surface area contributed by atoms with Gasteiger partial charge in [0, 0.05) is 88.7 Å². The molecule has 3 saturated heterocycles. The summed E-state index contributed by atoms with van der Waals surface area (Å²) in [7, 11) is 4.19. The van der Waals surface area contributed by atoms with Crippen LogP contribution in [0.3, 0.4) is 0 Å². The summed E-state index contributed by atoms with van der Waals surface area (Å²) in [5, 5.41) is 46.2. The Kier molecular flexibility index (Phi) is 35.6. The van der Waals surface area contributed by atoms with Gasteiger partial charge in [-0.25, -0.2) is 0 Å². The van der Waals surface area contributed by atoms with Crippen LogP contribution in [0.2, 0.25) is 0 Å². The number of para-hydroxylation sites is 1. The number of thioether (sulfide) groups is 1. The van der Waals surface area contributed by atoms with E-state index in [1.807, 2.05) is 13.0 Å². The number of aliphatic carboxylic acids is 1. The smallest absolute Gasteiger partial charge is 0.305 e. The molecule has 10 rings (SSSR count). The van der Waals surface area contributed by atoms with E-state index >= 15 is 47.9 Å². The zero-order chi connectivity index (χ0) is 94.2. The number of carboxylic acid groups (broad SMARTS) is 1. The van der Waals surface area contributed by atoms with Crippen LogP contribution in [0, 0.1) is 11.8 Å². The van der Waals surface area contributed by atoms with Crippen molar-refractivity contribution in [2.75, 3.05) is 58.8 Å². The number of aromatic amines is 1. The SMILES string of the molecule is CCCC[C@H]1C(=O)N2CCC[C@@H]2C(=O)N[C@@H](CC(=O)O)C(=O)N[C@@H](C(C)C)C(=O)N(C)[C@@]2(C[C@H]2c2ccccc2)C(=O)N[C@@H](CCCN)C(=O)N2CCC[C@@H]2C(=O)N[C@@H](Cc2c[nH]c3ccccc23)C(=O)N[C@@H](Cc2ccc(O)cc2)C(=O)N[C@@H](CC(C)C)C(=O)N[C@H](C(=O)NCC(N)=O)CSCC(=O)N[C@@H](Cc2ccccc2)C(=O)N(C)[C@@H](Cc2ccccc2)C(=O)N1C. The van der Waals surface area contributed by atoms with E-state index in [1.165, 1.54) is 69.9 Å². The second kappa shape index (κ2) is 46.5.